The molecule has 0 fully saturated rings. The number of nitrogen functional groups attached to an aromatic ring is 1. The van der Waals surface area contributed by atoms with Gasteiger partial charge in [-0.15, -0.1) is 0 Å². The topological polar surface area (TPSA) is 83.8 Å². The molecule has 102 valence electrons. The Kier molecular flexibility index (Phi) is 6.91. The fraction of sp³-hybridized carbons (Fsp3) is 0.692. The van der Waals surface area contributed by atoms with Crippen molar-refractivity contribution in [3.8, 4) is 0 Å². The molecule has 0 aliphatic carbocycles. The van der Waals surface area contributed by atoms with Crippen LogP contribution in [-0.4, -0.2) is 16.1 Å². The number of unbranched alkanes of at least 4 members (excludes halogenated alkanes) is 5. The minimum atomic E-state index is 0.0890. The molecule has 1 heterocycles. The second-order valence-electron chi connectivity index (χ2n) is 4.60. The van der Waals surface area contributed by atoms with Crippen LogP contribution in [0.5, 0.6) is 0 Å². The second kappa shape index (κ2) is 8.55. The summed E-state index contributed by atoms with van der Waals surface area (Å²) in [6.07, 6.45) is 9.42. The summed E-state index contributed by atoms with van der Waals surface area (Å²) in [5.74, 6) is 0.612. The molecule has 5 nitrogen and oxygen atoms in total. The Balaban J connectivity index is 2.02. The van der Waals surface area contributed by atoms with E-state index in [0.29, 0.717) is 18.8 Å². The van der Waals surface area contributed by atoms with Crippen molar-refractivity contribution in [2.24, 2.45) is 0 Å². The maximum atomic E-state index is 11.6. The predicted molar refractivity (Wildman–Crippen MR) is 72.8 cm³/mol. The number of anilines is 1. The zero-order valence-electron chi connectivity index (χ0n) is 11.2. The number of hydrogen-bond acceptors (Lipinski definition) is 3. The van der Waals surface area contributed by atoms with E-state index in [1.165, 1.54) is 25.7 Å². The van der Waals surface area contributed by atoms with Crippen molar-refractivity contribution in [3.05, 3.63) is 11.8 Å². The van der Waals surface area contributed by atoms with Crippen LogP contribution in [0.15, 0.2) is 6.20 Å². The molecule has 1 amide bonds. The fourth-order valence-electron chi connectivity index (χ4n) is 1.81. The number of aromatic amines is 1. The van der Waals surface area contributed by atoms with E-state index in [2.05, 4.69) is 22.4 Å². The molecule has 0 aliphatic heterocycles. The lowest BCUT2D eigenvalue weighted by atomic mass is 10.1. The summed E-state index contributed by atoms with van der Waals surface area (Å²) in [5, 5.41) is 9.29. The Morgan fingerprint density at radius 3 is 2.72 bits per heavy atom. The number of hydrogen-bond donors (Lipinski definition) is 3. The van der Waals surface area contributed by atoms with Crippen LogP contribution in [-0.2, 0) is 11.3 Å². The molecule has 1 rings (SSSR count). The molecule has 5 heteroatoms. The van der Waals surface area contributed by atoms with Crippen LogP contribution in [0, 0.1) is 0 Å². The van der Waals surface area contributed by atoms with E-state index >= 15 is 0 Å². The first kappa shape index (κ1) is 14.5. The molecule has 18 heavy (non-hydrogen) atoms. The quantitative estimate of drug-likeness (QED) is 0.590. The van der Waals surface area contributed by atoms with Crippen molar-refractivity contribution in [2.75, 3.05) is 5.73 Å². The maximum Gasteiger partial charge on any atom is 0.220 e. The highest BCUT2D eigenvalue weighted by Crippen LogP contribution is 2.08. The summed E-state index contributed by atoms with van der Waals surface area (Å²) in [7, 11) is 0. The molecule has 0 saturated heterocycles. The van der Waals surface area contributed by atoms with Crippen LogP contribution in [0.3, 0.4) is 0 Å². The number of carbonyl (C=O) groups is 1. The van der Waals surface area contributed by atoms with Crippen LogP contribution in [0.25, 0.3) is 0 Å². The Morgan fingerprint density at radius 1 is 1.33 bits per heavy atom. The second-order valence-corrected chi connectivity index (χ2v) is 4.60. The Morgan fingerprint density at radius 2 is 2.06 bits per heavy atom. The van der Waals surface area contributed by atoms with Crippen molar-refractivity contribution in [3.63, 3.8) is 0 Å². The van der Waals surface area contributed by atoms with Gasteiger partial charge in [0.05, 0.1) is 6.20 Å². The SMILES string of the molecule is CCCCCCCCC(=O)NCc1cn[nH]c1N. The molecule has 0 aromatic carbocycles. The van der Waals surface area contributed by atoms with Crippen LogP contribution >= 0.6 is 0 Å². The van der Waals surface area contributed by atoms with Crippen LogP contribution in [0.2, 0.25) is 0 Å². The lowest BCUT2D eigenvalue weighted by Crippen LogP contribution is -2.22. The largest absolute Gasteiger partial charge is 0.384 e. The van der Waals surface area contributed by atoms with Gasteiger partial charge in [0, 0.05) is 18.5 Å². The van der Waals surface area contributed by atoms with Crippen molar-refractivity contribution < 1.29 is 4.79 Å². The molecule has 0 radical (unpaired) electrons. The summed E-state index contributed by atoms with van der Waals surface area (Å²) in [6.45, 7) is 2.66. The van der Waals surface area contributed by atoms with Gasteiger partial charge in [-0.25, -0.2) is 0 Å². The van der Waals surface area contributed by atoms with E-state index in [4.69, 9.17) is 5.73 Å². The zero-order chi connectivity index (χ0) is 13.2. The zero-order valence-corrected chi connectivity index (χ0v) is 11.2. The Bertz CT molecular complexity index is 349. The number of H-pyrrole nitrogens is 1. The molecular weight excluding hydrogens is 228 g/mol. The summed E-state index contributed by atoms with van der Waals surface area (Å²) in [5.41, 5.74) is 6.46. The van der Waals surface area contributed by atoms with Gasteiger partial charge < -0.3 is 11.1 Å². The van der Waals surface area contributed by atoms with Crippen LogP contribution in [0.4, 0.5) is 5.82 Å². The molecule has 0 saturated carbocycles. The predicted octanol–water partition coefficient (Wildman–Crippen LogP) is 2.36. The molecule has 0 aliphatic rings. The van der Waals surface area contributed by atoms with Crippen molar-refractivity contribution in [1.82, 2.24) is 15.5 Å². The minimum absolute atomic E-state index is 0.0890. The van der Waals surface area contributed by atoms with Gasteiger partial charge in [-0.05, 0) is 6.42 Å². The smallest absolute Gasteiger partial charge is 0.220 e. The third kappa shape index (κ3) is 5.70. The van der Waals surface area contributed by atoms with E-state index in [-0.39, 0.29) is 5.91 Å². The summed E-state index contributed by atoms with van der Waals surface area (Å²) >= 11 is 0. The highest BCUT2D eigenvalue weighted by molar-refractivity contribution is 5.75. The van der Waals surface area contributed by atoms with Crippen LogP contribution in [0.1, 0.15) is 57.4 Å². The van der Waals surface area contributed by atoms with Crippen molar-refractivity contribution in [1.29, 1.82) is 0 Å². The molecule has 0 unspecified atom stereocenters. The summed E-state index contributed by atoms with van der Waals surface area (Å²) < 4.78 is 0. The van der Waals surface area contributed by atoms with E-state index < -0.39 is 0 Å². The number of rotatable bonds is 9. The number of amides is 1. The van der Waals surface area contributed by atoms with Gasteiger partial charge in [0.15, 0.2) is 0 Å². The van der Waals surface area contributed by atoms with Crippen molar-refractivity contribution >= 4 is 11.7 Å². The van der Waals surface area contributed by atoms with Crippen molar-refractivity contribution in [2.45, 2.75) is 58.4 Å². The van der Waals surface area contributed by atoms with Gasteiger partial charge in [0.2, 0.25) is 5.91 Å². The average Bonchev–Trinajstić information content (AvgIpc) is 2.77. The molecule has 1 aromatic rings. The van der Waals surface area contributed by atoms with E-state index in [0.717, 1.165) is 18.4 Å². The van der Waals surface area contributed by atoms with E-state index in [1.54, 1.807) is 6.20 Å². The first-order chi connectivity index (χ1) is 8.74. The molecule has 1 aromatic heterocycles. The number of nitrogens with two attached hydrogens (primary N) is 1. The first-order valence-corrected chi connectivity index (χ1v) is 6.78. The number of nitrogens with one attached hydrogen (secondary N) is 2. The fourth-order valence-corrected chi connectivity index (χ4v) is 1.81. The number of aromatic nitrogens is 2. The molecule has 0 atom stereocenters. The van der Waals surface area contributed by atoms with Gasteiger partial charge in [-0.3, -0.25) is 9.89 Å². The highest BCUT2D eigenvalue weighted by Gasteiger charge is 2.04. The molecule has 0 bridgehead atoms. The lowest BCUT2D eigenvalue weighted by Gasteiger charge is -2.04. The summed E-state index contributed by atoms with van der Waals surface area (Å²) in [4.78, 5) is 11.6. The molecule has 4 N–H and O–H groups in total. The lowest BCUT2D eigenvalue weighted by molar-refractivity contribution is -0.121. The van der Waals surface area contributed by atoms with E-state index in [9.17, 15) is 4.79 Å². The highest BCUT2D eigenvalue weighted by atomic mass is 16.1. The van der Waals surface area contributed by atoms with Crippen LogP contribution < -0.4 is 11.1 Å². The maximum absolute atomic E-state index is 11.6. The van der Waals surface area contributed by atoms with Gasteiger partial charge in [-0.1, -0.05) is 39.0 Å². The Hall–Kier alpha value is -1.52. The van der Waals surface area contributed by atoms with E-state index in [1.807, 2.05) is 0 Å². The number of nitrogens with zero attached hydrogens (tertiary/aromatic N) is 1. The first-order valence-electron chi connectivity index (χ1n) is 6.78. The number of carbonyl (C=O) groups excluding carboxylic acids is 1. The minimum Gasteiger partial charge on any atom is -0.384 e. The third-order valence-electron chi connectivity index (χ3n) is 2.98. The average molecular weight is 252 g/mol. The Labute approximate surface area is 109 Å². The normalized spacial score (nSPS) is 10.5. The molecular formula is C13H24N4O. The standard InChI is InChI=1S/C13H24N4O/c1-2-3-4-5-6-7-8-12(18)15-9-11-10-16-17-13(11)14/h10H,2-9H2,1H3,(H,15,18)(H3,14,16,17). The van der Waals surface area contributed by atoms with Gasteiger partial charge >= 0.3 is 0 Å². The molecule has 0 spiro atoms. The van der Waals surface area contributed by atoms with Gasteiger partial charge in [-0.2, -0.15) is 5.10 Å². The third-order valence-corrected chi connectivity index (χ3v) is 2.98. The van der Waals surface area contributed by atoms with Gasteiger partial charge in [0.1, 0.15) is 5.82 Å². The summed E-state index contributed by atoms with van der Waals surface area (Å²) in [6, 6.07) is 0. The van der Waals surface area contributed by atoms with Gasteiger partial charge in [0.25, 0.3) is 0 Å². The monoisotopic (exact) mass is 252 g/mol.